The van der Waals surface area contributed by atoms with Crippen molar-refractivity contribution in [3.05, 3.63) is 11.8 Å². The summed E-state index contributed by atoms with van der Waals surface area (Å²) in [5.41, 5.74) is 3.25. The molecule has 1 atom stereocenters. The van der Waals surface area contributed by atoms with Crippen LogP contribution in [0.1, 0.15) is 18.5 Å². The van der Waals surface area contributed by atoms with Crippen LogP contribution in [0.3, 0.4) is 0 Å². The fourth-order valence-electron chi connectivity index (χ4n) is 2.38. The van der Waals surface area contributed by atoms with Crippen LogP contribution in [-0.2, 0) is 9.53 Å². The molecule has 21 heavy (non-hydrogen) atoms. The summed E-state index contributed by atoms with van der Waals surface area (Å²) in [6.07, 6.45) is 2.13. The Morgan fingerprint density at radius 1 is 1.48 bits per heavy atom. The van der Waals surface area contributed by atoms with Crippen molar-refractivity contribution in [1.29, 1.82) is 0 Å². The number of amides is 1. The maximum Gasteiger partial charge on any atom is 0.245 e. The molecular formula is C13H20N6O2. The Morgan fingerprint density at radius 3 is 3.00 bits per heavy atom. The zero-order valence-corrected chi connectivity index (χ0v) is 12.0. The largest absolute Gasteiger partial charge is 0.377 e. The highest BCUT2D eigenvalue weighted by atomic mass is 16.5. The first-order valence-electron chi connectivity index (χ1n) is 7.14. The Morgan fingerprint density at radius 2 is 2.29 bits per heavy atom. The molecule has 114 valence electrons. The molecule has 1 aliphatic heterocycles. The fraction of sp³-hybridized carbons (Fsp3) is 0.615. The number of nitrogens with two attached hydrogens (primary N) is 1. The molecule has 1 aromatic rings. The van der Waals surface area contributed by atoms with Crippen LogP contribution in [0.5, 0.6) is 0 Å². The number of hydrogen-bond donors (Lipinski definition) is 3. The van der Waals surface area contributed by atoms with Gasteiger partial charge in [-0.15, -0.1) is 0 Å². The van der Waals surface area contributed by atoms with Crippen LogP contribution in [0, 0.1) is 6.92 Å². The van der Waals surface area contributed by atoms with Gasteiger partial charge in [0.05, 0.1) is 13.2 Å². The lowest BCUT2D eigenvalue weighted by molar-refractivity contribution is -0.124. The normalized spacial score (nSPS) is 22.0. The molecule has 8 heteroatoms. The minimum atomic E-state index is -0.362. The maximum atomic E-state index is 12.4. The monoisotopic (exact) mass is 292 g/mol. The minimum absolute atomic E-state index is 0.00396. The number of anilines is 2. The van der Waals surface area contributed by atoms with Crippen molar-refractivity contribution in [2.75, 3.05) is 30.1 Å². The Hall–Kier alpha value is -1.93. The van der Waals surface area contributed by atoms with E-state index < -0.39 is 0 Å². The molecule has 8 nitrogen and oxygen atoms in total. The van der Waals surface area contributed by atoms with Crippen LogP contribution in [0.15, 0.2) is 6.07 Å². The van der Waals surface area contributed by atoms with E-state index in [1.165, 1.54) is 0 Å². The van der Waals surface area contributed by atoms with Gasteiger partial charge >= 0.3 is 0 Å². The molecule has 2 fully saturated rings. The second-order valence-corrected chi connectivity index (χ2v) is 5.40. The molecule has 1 aromatic heterocycles. The molecular weight excluding hydrogens is 272 g/mol. The van der Waals surface area contributed by atoms with E-state index in [4.69, 9.17) is 10.6 Å². The zero-order chi connectivity index (χ0) is 14.8. The van der Waals surface area contributed by atoms with E-state index in [2.05, 4.69) is 20.7 Å². The van der Waals surface area contributed by atoms with Gasteiger partial charge in [-0.2, -0.15) is 4.98 Å². The number of nitrogens with one attached hydrogen (secondary N) is 2. The van der Waals surface area contributed by atoms with Gasteiger partial charge in [0.25, 0.3) is 0 Å². The number of nitrogen functional groups attached to an aromatic ring is 1. The van der Waals surface area contributed by atoms with Crippen molar-refractivity contribution in [3.63, 3.8) is 0 Å². The summed E-state index contributed by atoms with van der Waals surface area (Å²) in [5, 5.41) is 3.02. The van der Waals surface area contributed by atoms with Gasteiger partial charge in [-0.3, -0.25) is 10.2 Å². The highest BCUT2D eigenvalue weighted by Gasteiger charge is 2.34. The number of morpholine rings is 1. The molecule has 1 saturated heterocycles. The average molecular weight is 292 g/mol. The molecule has 1 saturated carbocycles. The van der Waals surface area contributed by atoms with Gasteiger partial charge in [0.2, 0.25) is 11.9 Å². The van der Waals surface area contributed by atoms with Crippen molar-refractivity contribution in [1.82, 2.24) is 15.3 Å². The Bertz CT molecular complexity index is 533. The molecule has 2 heterocycles. The summed E-state index contributed by atoms with van der Waals surface area (Å²) in [4.78, 5) is 22.8. The van der Waals surface area contributed by atoms with Crippen LogP contribution in [0.2, 0.25) is 0 Å². The van der Waals surface area contributed by atoms with E-state index in [1.54, 1.807) is 0 Å². The zero-order valence-electron chi connectivity index (χ0n) is 12.0. The lowest BCUT2D eigenvalue weighted by Crippen LogP contribution is -2.54. The smallest absolute Gasteiger partial charge is 0.245 e. The Labute approximate surface area is 123 Å². The second-order valence-electron chi connectivity index (χ2n) is 5.40. The number of hydrogen-bond acceptors (Lipinski definition) is 7. The summed E-state index contributed by atoms with van der Waals surface area (Å²) < 4.78 is 5.46. The summed E-state index contributed by atoms with van der Waals surface area (Å²) >= 11 is 0. The van der Waals surface area contributed by atoms with Crippen molar-refractivity contribution < 1.29 is 9.53 Å². The number of rotatable bonds is 4. The fourth-order valence-corrected chi connectivity index (χ4v) is 2.38. The molecule has 0 radical (unpaired) electrons. The predicted molar refractivity (Wildman–Crippen MR) is 77.7 cm³/mol. The predicted octanol–water partition coefficient (Wildman–Crippen LogP) is -0.446. The number of hydrazine groups is 1. The molecule has 0 spiro atoms. The summed E-state index contributed by atoms with van der Waals surface area (Å²) in [6, 6.07) is 1.82. The van der Waals surface area contributed by atoms with Crippen molar-refractivity contribution in [3.8, 4) is 0 Å². The molecule has 1 unspecified atom stereocenters. The summed E-state index contributed by atoms with van der Waals surface area (Å²) in [7, 11) is 0. The molecule has 3 rings (SSSR count). The summed E-state index contributed by atoms with van der Waals surface area (Å²) in [5.74, 6) is 6.42. The van der Waals surface area contributed by atoms with Gasteiger partial charge < -0.3 is 15.0 Å². The molecule has 4 N–H and O–H groups in total. The molecule has 1 amide bonds. The molecule has 2 aliphatic rings. The Kier molecular flexibility index (Phi) is 3.89. The molecule has 0 bridgehead atoms. The van der Waals surface area contributed by atoms with Crippen molar-refractivity contribution >= 4 is 17.7 Å². The number of aryl methyl sites for hydroxylation is 1. The second kappa shape index (κ2) is 5.82. The highest BCUT2D eigenvalue weighted by molar-refractivity contribution is 5.85. The van der Waals surface area contributed by atoms with Gasteiger partial charge in [0.1, 0.15) is 11.9 Å². The van der Waals surface area contributed by atoms with Crippen LogP contribution >= 0.6 is 0 Å². The van der Waals surface area contributed by atoms with Crippen LogP contribution in [-0.4, -0.2) is 47.7 Å². The van der Waals surface area contributed by atoms with Gasteiger partial charge in [0, 0.05) is 24.3 Å². The maximum absolute atomic E-state index is 12.4. The molecule has 0 aromatic carbocycles. The van der Waals surface area contributed by atoms with Gasteiger partial charge in [-0.1, -0.05) is 0 Å². The molecule has 1 aliphatic carbocycles. The third kappa shape index (κ3) is 3.22. The number of carbonyl (C=O) groups excluding carboxylic acids is 1. The quantitative estimate of drug-likeness (QED) is 0.510. The van der Waals surface area contributed by atoms with E-state index in [1.807, 2.05) is 17.9 Å². The van der Waals surface area contributed by atoms with E-state index in [0.29, 0.717) is 37.6 Å². The SMILES string of the molecule is Cc1cc(N2CCOCC2C(=O)NC2CC2)nc(NN)n1. The van der Waals surface area contributed by atoms with Gasteiger partial charge in [-0.25, -0.2) is 10.8 Å². The van der Waals surface area contributed by atoms with E-state index in [9.17, 15) is 4.79 Å². The van der Waals surface area contributed by atoms with Crippen LogP contribution < -0.4 is 21.5 Å². The number of carbonyl (C=O) groups is 1. The lowest BCUT2D eigenvalue weighted by atomic mass is 10.2. The van der Waals surface area contributed by atoms with Gasteiger partial charge in [0.15, 0.2) is 0 Å². The summed E-state index contributed by atoms with van der Waals surface area (Å²) in [6.45, 7) is 3.42. The van der Waals surface area contributed by atoms with Crippen molar-refractivity contribution in [2.24, 2.45) is 5.84 Å². The Balaban J connectivity index is 1.82. The lowest BCUT2D eigenvalue weighted by Gasteiger charge is -2.35. The van der Waals surface area contributed by atoms with Crippen LogP contribution in [0.4, 0.5) is 11.8 Å². The first-order chi connectivity index (χ1) is 10.2. The first-order valence-corrected chi connectivity index (χ1v) is 7.14. The third-order valence-corrected chi connectivity index (χ3v) is 3.62. The van der Waals surface area contributed by atoms with Crippen LogP contribution in [0.25, 0.3) is 0 Å². The van der Waals surface area contributed by atoms with Gasteiger partial charge in [-0.05, 0) is 19.8 Å². The average Bonchev–Trinajstić information content (AvgIpc) is 3.30. The highest BCUT2D eigenvalue weighted by Crippen LogP contribution is 2.22. The number of nitrogens with zero attached hydrogens (tertiary/aromatic N) is 3. The number of ether oxygens (including phenoxy) is 1. The third-order valence-electron chi connectivity index (χ3n) is 3.62. The first kappa shape index (κ1) is 14.0. The topological polar surface area (TPSA) is 105 Å². The standard InChI is InChI=1S/C13H20N6O2/c1-8-6-11(17-13(15-8)18-14)19-4-5-21-7-10(19)12(20)16-9-2-3-9/h6,9-10H,2-5,7,14H2,1H3,(H,16,20)(H,15,17,18). The minimum Gasteiger partial charge on any atom is -0.377 e. The van der Waals surface area contributed by atoms with E-state index in [0.717, 1.165) is 18.5 Å². The van der Waals surface area contributed by atoms with Crippen molar-refractivity contribution in [2.45, 2.75) is 31.8 Å². The van der Waals surface area contributed by atoms with E-state index >= 15 is 0 Å². The van der Waals surface area contributed by atoms with E-state index in [-0.39, 0.29) is 11.9 Å². The number of aromatic nitrogens is 2.